The van der Waals surface area contributed by atoms with Crippen molar-refractivity contribution in [1.82, 2.24) is 9.80 Å². The highest BCUT2D eigenvalue weighted by molar-refractivity contribution is 6.39. The number of carbonyl (C=O) groups excluding carboxylic acids is 4. The van der Waals surface area contributed by atoms with Crippen molar-refractivity contribution in [2.75, 3.05) is 35.0 Å². The lowest BCUT2D eigenvalue weighted by Gasteiger charge is -2.53. The number of ketones is 3. The first-order valence-electron chi connectivity index (χ1n) is 14.3. The first-order chi connectivity index (χ1) is 21.1. The fraction of sp³-hybridized carbons (Fsp3) is 0.353. The van der Waals surface area contributed by atoms with Crippen LogP contribution in [0.3, 0.4) is 0 Å². The zero-order chi connectivity index (χ0) is 31.6. The van der Waals surface area contributed by atoms with E-state index in [4.69, 9.17) is 18.9 Å². The van der Waals surface area contributed by atoms with Crippen LogP contribution in [0.15, 0.2) is 58.5 Å². The summed E-state index contributed by atoms with van der Waals surface area (Å²) in [6.45, 7) is 5.69. The van der Waals surface area contributed by atoms with Gasteiger partial charge in [-0.2, -0.15) is 0 Å². The minimum Gasteiger partial charge on any atom is -0.493 e. The average Bonchev–Trinajstić information content (AvgIpc) is 3.01. The van der Waals surface area contributed by atoms with Gasteiger partial charge in [-0.15, -0.1) is 0 Å². The van der Waals surface area contributed by atoms with E-state index < -0.39 is 41.4 Å². The lowest BCUT2D eigenvalue weighted by atomic mass is 9.72. The number of fused-ring (bicyclic) bond motifs is 6. The van der Waals surface area contributed by atoms with Crippen molar-refractivity contribution in [3.8, 4) is 11.5 Å². The number of benzene rings is 2. The van der Waals surface area contributed by atoms with Gasteiger partial charge in [0.2, 0.25) is 5.78 Å². The van der Waals surface area contributed by atoms with Gasteiger partial charge in [0.25, 0.3) is 5.91 Å². The van der Waals surface area contributed by atoms with Gasteiger partial charge in [0, 0.05) is 22.4 Å². The van der Waals surface area contributed by atoms with Crippen LogP contribution in [0.4, 0.5) is 0 Å². The van der Waals surface area contributed by atoms with Gasteiger partial charge in [0.05, 0.1) is 52.2 Å². The van der Waals surface area contributed by atoms with E-state index >= 15 is 0 Å². The first-order valence-corrected chi connectivity index (χ1v) is 14.3. The predicted octanol–water partition coefficient (Wildman–Crippen LogP) is 3.40. The van der Waals surface area contributed by atoms with Gasteiger partial charge in [0.15, 0.2) is 34.9 Å². The molecule has 1 amide bonds. The highest BCUT2D eigenvalue weighted by Crippen LogP contribution is 2.52. The third-order valence-electron chi connectivity index (χ3n) is 9.23. The lowest BCUT2D eigenvalue weighted by Crippen LogP contribution is -2.67. The van der Waals surface area contributed by atoms with E-state index in [1.165, 1.54) is 14.0 Å². The largest absolute Gasteiger partial charge is 0.493 e. The number of methoxy groups -OCH3 is 3. The number of likely N-dealkylation sites (N-methyl/N-ethyl adjacent to an activating group) is 1. The van der Waals surface area contributed by atoms with Gasteiger partial charge in [-0.25, -0.2) is 0 Å². The van der Waals surface area contributed by atoms with E-state index in [0.717, 1.165) is 22.3 Å². The summed E-state index contributed by atoms with van der Waals surface area (Å²) < 4.78 is 23.3. The fourth-order valence-electron chi connectivity index (χ4n) is 7.01. The van der Waals surface area contributed by atoms with Gasteiger partial charge in [0.1, 0.15) is 0 Å². The van der Waals surface area contributed by atoms with Crippen molar-refractivity contribution in [3.05, 3.63) is 86.3 Å². The molecule has 228 valence electrons. The summed E-state index contributed by atoms with van der Waals surface area (Å²) in [5.74, 6) is -1.45. The van der Waals surface area contributed by atoms with Crippen LogP contribution in [0.5, 0.6) is 11.5 Å². The Morgan fingerprint density at radius 3 is 2.14 bits per heavy atom. The summed E-state index contributed by atoms with van der Waals surface area (Å²) in [5, 5.41) is 0. The van der Waals surface area contributed by atoms with Crippen molar-refractivity contribution in [2.24, 2.45) is 0 Å². The van der Waals surface area contributed by atoms with E-state index in [1.807, 2.05) is 50.3 Å². The normalized spacial score (nSPS) is 22.9. The molecule has 0 N–H and O–H groups in total. The Morgan fingerprint density at radius 2 is 1.50 bits per heavy atom. The third-order valence-corrected chi connectivity index (χ3v) is 9.23. The number of hydrogen-bond acceptors (Lipinski definition) is 9. The highest BCUT2D eigenvalue weighted by atomic mass is 16.5. The monoisotopic (exact) mass is 598 g/mol. The van der Waals surface area contributed by atoms with Crippen molar-refractivity contribution >= 4 is 29.3 Å². The second-order valence-electron chi connectivity index (χ2n) is 11.4. The number of amides is 1. The van der Waals surface area contributed by atoms with Crippen LogP contribution in [0, 0.1) is 13.8 Å². The van der Waals surface area contributed by atoms with Crippen molar-refractivity contribution < 1.29 is 38.1 Å². The molecule has 10 heteroatoms. The minimum atomic E-state index is -1.30. The molecule has 1 fully saturated rings. The molecule has 0 saturated carbocycles. The summed E-state index contributed by atoms with van der Waals surface area (Å²) in [5.41, 5.74) is 4.49. The number of nitrogens with zero attached hydrogens (tertiary/aromatic N) is 2. The van der Waals surface area contributed by atoms with Crippen LogP contribution in [0.1, 0.15) is 40.8 Å². The van der Waals surface area contributed by atoms with E-state index in [0.29, 0.717) is 22.8 Å². The van der Waals surface area contributed by atoms with Crippen LogP contribution in [-0.4, -0.2) is 80.1 Å². The quantitative estimate of drug-likeness (QED) is 0.269. The molecule has 3 aliphatic heterocycles. The van der Waals surface area contributed by atoms with Gasteiger partial charge in [-0.05, 0) is 56.1 Å². The summed E-state index contributed by atoms with van der Waals surface area (Å²) >= 11 is 0. The smallest absolute Gasteiger partial charge is 0.252 e. The average molecular weight is 599 g/mol. The molecule has 1 saturated heterocycles. The molecule has 0 spiro atoms. The Balaban J connectivity index is 1.58. The second kappa shape index (κ2) is 10.9. The Kier molecular flexibility index (Phi) is 7.30. The standard InChI is InChI=1S/C34H34N2O8/c1-16-17(2)32(42-6)33(43-7)23-20(16)13-21-26-24-25(28(37)18(3)31(41-5)30(24)39)29(38)27(35(26)4)34(40)36(21)22(23)15-44-14-19-11-9-8-10-12-19/h8-13,22,26-27H,14-15H2,1-7H3/t22-,26-,27-/m0/s1. The van der Waals surface area contributed by atoms with Crippen LogP contribution in [0.25, 0.3) is 6.08 Å². The number of ether oxygens (including phenoxy) is 4. The topological polar surface area (TPSA) is 112 Å². The molecule has 2 aromatic carbocycles. The maximum Gasteiger partial charge on any atom is 0.252 e. The van der Waals surface area contributed by atoms with Gasteiger partial charge < -0.3 is 23.8 Å². The van der Waals surface area contributed by atoms with Crippen LogP contribution < -0.4 is 9.47 Å². The van der Waals surface area contributed by atoms with Gasteiger partial charge in [-0.1, -0.05) is 30.3 Å². The Labute approximate surface area is 255 Å². The maximum absolute atomic E-state index is 14.5. The summed E-state index contributed by atoms with van der Waals surface area (Å²) in [6.07, 6.45) is 1.86. The highest BCUT2D eigenvalue weighted by Gasteiger charge is 2.59. The lowest BCUT2D eigenvalue weighted by molar-refractivity contribution is -0.150. The molecule has 3 heterocycles. The molecule has 2 aromatic rings. The van der Waals surface area contributed by atoms with Crippen LogP contribution >= 0.6 is 0 Å². The van der Waals surface area contributed by atoms with E-state index in [-0.39, 0.29) is 35.7 Å². The molecular weight excluding hydrogens is 564 g/mol. The SMILES string of the molecule is COC1=C(C)C(=O)C2=C(C1=O)[C@@H]1C3=Cc4c(C)c(C)c(OC)c(OC)c4[C@H](COCc4ccccc4)N3C(=O)[C@H](C2=O)N1C. The molecular formula is C34H34N2O8. The molecule has 0 aromatic heterocycles. The molecule has 0 radical (unpaired) electrons. The number of carbonyl (C=O) groups is 4. The number of piperazine rings is 1. The summed E-state index contributed by atoms with van der Waals surface area (Å²) in [4.78, 5) is 58.9. The molecule has 6 rings (SSSR count). The van der Waals surface area contributed by atoms with E-state index in [1.54, 1.807) is 31.1 Å². The molecule has 1 aliphatic carbocycles. The predicted molar refractivity (Wildman–Crippen MR) is 160 cm³/mol. The zero-order valence-electron chi connectivity index (χ0n) is 25.8. The Hall–Kier alpha value is -4.54. The molecule has 0 unspecified atom stereocenters. The maximum atomic E-state index is 14.5. The number of Topliss-reactive ketones (excluding diaryl/α,β-unsaturated/α-hetero) is 3. The van der Waals surface area contributed by atoms with Crippen molar-refractivity contribution in [1.29, 1.82) is 0 Å². The minimum absolute atomic E-state index is 0.0206. The summed E-state index contributed by atoms with van der Waals surface area (Å²) in [7, 11) is 6.06. The van der Waals surface area contributed by atoms with Crippen LogP contribution in [0.2, 0.25) is 0 Å². The number of rotatable bonds is 7. The molecule has 3 atom stereocenters. The van der Waals surface area contributed by atoms with E-state index in [9.17, 15) is 19.2 Å². The second-order valence-corrected chi connectivity index (χ2v) is 11.4. The molecule has 2 bridgehead atoms. The Bertz CT molecular complexity index is 1740. The van der Waals surface area contributed by atoms with Gasteiger partial charge >= 0.3 is 0 Å². The first kappa shape index (κ1) is 29.5. The van der Waals surface area contributed by atoms with Crippen LogP contribution in [-0.2, 0) is 35.3 Å². The summed E-state index contributed by atoms with van der Waals surface area (Å²) in [6, 6.07) is 6.76. The molecule has 10 nitrogen and oxygen atoms in total. The van der Waals surface area contributed by atoms with Crippen molar-refractivity contribution in [2.45, 2.75) is 45.5 Å². The van der Waals surface area contributed by atoms with E-state index in [2.05, 4.69) is 0 Å². The third kappa shape index (κ3) is 4.01. The molecule has 4 aliphatic rings. The Morgan fingerprint density at radius 1 is 0.818 bits per heavy atom. The fourth-order valence-corrected chi connectivity index (χ4v) is 7.01. The van der Waals surface area contributed by atoms with Crippen molar-refractivity contribution in [3.63, 3.8) is 0 Å². The zero-order valence-corrected chi connectivity index (χ0v) is 25.8. The number of hydrogen-bond donors (Lipinski definition) is 0. The van der Waals surface area contributed by atoms with Gasteiger partial charge in [-0.3, -0.25) is 24.1 Å². The molecule has 44 heavy (non-hydrogen) atoms. The number of allylic oxidation sites excluding steroid dienone is 2.